The van der Waals surface area contributed by atoms with Gasteiger partial charge in [0.15, 0.2) is 23.0 Å². The first-order valence-corrected chi connectivity index (χ1v) is 5.57. The molecule has 0 aliphatic heterocycles. The molecule has 1 aromatic rings. The van der Waals surface area contributed by atoms with Crippen LogP contribution in [0.1, 0.15) is 6.92 Å². The van der Waals surface area contributed by atoms with Gasteiger partial charge in [-0.3, -0.25) is 10.2 Å². The van der Waals surface area contributed by atoms with E-state index in [-0.39, 0.29) is 12.0 Å². The molecule has 0 spiro atoms. The molecule has 0 radical (unpaired) electrons. The second-order valence-electron chi connectivity index (χ2n) is 2.94. The molecular weight excluding hydrogens is 275 g/mol. The molecule has 0 unspecified atom stereocenters. The van der Waals surface area contributed by atoms with Gasteiger partial charge in [0.25, 0.3) is 0 Å². The van der Waals surface area contributed by atoms with E-state index in [1.54, 1.807) is 13.2 Å². The van der Waals surface area contributed by atoms with Crippen molar-refractivity contribution in [2.45, 2.75) is 6.92 Å². The number of halogens is 2. The Morgan fingerprint density at radius 3 is 2.26 bits per heavy atom. The summed E-state index contributed by atoms with van der Waals surface area (Å²) in [6.45, 7) is 2.78. The molecule has 19 heavy (non-hydrogen) atoms. The molecule has 0 aliphatic carbocycles. The highest BCUT2D eigenvalue weighted by atomic mass is 35.5. The van der Waals surface area contributed by atoms with Crippen LogP contribution in [0.4, 0.5) is 10.1 Å². The van der Waals surface area contributed by atoms with E-state index in [9.17, 15) is 4.39 Å². The van der Waals surface area contributed by atoms with Gasteiger partial charge in [0.2, 0.25) is 0 Å². The van der Waals surface area contributed by atoms with Gasteiger partial charge in [-0.25, -0.2) is 4.39 Å². The molecule has 0 fully saturated rings. The minimum Gasteiger partial charge on any atom is -0.494 e. The van der Waals surface area contributed by atoms with Crippen molar-refractivity contribution in [1.82, 2.24) is 0 Å². The lowest BCUT2D eigenvalue weighted by atomic mass is 10.3. The summed E-state index contributed by atoms with van der Waals surface area (Å²) in [5.74, 6) is -0.211. The SMILES string of the molecule is CCOC.COc1ccc(N)cc1F.N=C(Cl)C=O. The molecule has 0 saturated carbocycles. The minimum absolute atomic E-state index is 0.217. The fraction of sp³-hybridized carbons (Fsp3) is 0.333. The Labute approximate surface area is 117 Å². The number of nitrogen functional groups attached to an aromatic ring is 1. The van der Waals surface area contributed by atoms with E-state index >= 15 is 0 Å². The lowest BCUT2D eigenvalue weighted by Crippen LogP contribution is -1.90. The van der Waals surface area contributed by atoms with Gasteiger partial charge < -0.3 is 15.2 Å². The molecule has 0 bridgehead atoms. The molecule has 1 aromatic carbocycles. The molecule has 0 aliphatic rings. The lowest BCUT2D eigenvalue weighted by molar-refractivity contribution is -0.102. The maximum absolute atomic E-state index is 12.6. The first-order valence-electron chi connectivity index (χ1n) is 5.20. The Balaban J connectivity index is 0. The van der Waals surface area contributed by atoms with Crippen molar-refractivity contribution in [2.24, 2.45) is 0 Å². The Bertz CT molecular complexity index is 387. The van der Waals surface area contributed by atoms with Gasteiger partial charge in [0.05, 0.1) is 7.11 Å². The van der Waals surface area contributed by atoms with Crippen LogP contribution < -0.4 is 10.5 Å². The average molecular weight is 293 g/mol. The maximum Gasteiger partial charge on any atom is 0.179 e. The van der Waals surface area contributed by atoms with E-state index in [1.807, 2.05) is 6.92 Å². The predicted molar refractivity (Wildman–Crippen MR) is 74.6 cm³/mol. The monoisotopic (exact) mass is 292 g/mol. The zero-order chi connectivity index (χ0) is 15.3. The maximum atomic E-state index is 12.6. The lowest BCUT2D eigenvalue weighted by Gasteiger charge is -2.00. The number of nitrogens with one attached hydrogen (secondary N) is 1. The van der Waals surface area contributed by atoms with E-state index in [0.29, 0.717) is 5.69 Å². The number of rotatable bonds is 3. The van der Waals surface area contributed by atoms with Gasteiger partial charge in [-0.1, -0.05) is 11.6 Å². The summed E-state index contributed by atoms with van der Waals surface area (Å²) < 4.78 is 21.9. The number of benzene rings is 1. The van der Waals surface area contributed by atoms with E-state index in [2.05, 4.69) is 21.1 Å². The van der Waals surface area contributed by atoms with Crippen LogP contribution in [-0.4, -0.2) is 32.3 Å². The fourth-order valence-electron chi connectivity index (χ4n) is 0.683. The Hall–Kier alpha value is -1.66. The van der Waals surface area contributed by atoms with Gasteiger partial charge in [-0.15, -0.1) is 0 Å². The van der Waals surface area contributed by atoms with Crippen LogP contribution in [0.3, 0.4) is 0 Å². The second-order valence-corrected chi connectivity index (χ2v) is 3.34. The van der Waals surface area contributed by atoms with Crippen molar-refractivity contribution in [3.8, 4) is 5.75 Å². The summed E-state index contributed by atoms with van der Waals surface area (Å²) in [5.41, 5.74) is 5.69. The van der Waals surface area contributed by atoms with Crippen LogP contribution in [0.25, 0.3) is 0 Å². The molecule has 0 atom stereocenters. The Morgan fingerprint density at radius 1 is 1.53 bits per heavy atom. The van der Waals surface area contributed by atoms with E-state index in [1.165, 1.54) is 19.2 Å². The molecule has 108 valence electrons. The van der Waals surface area contributed by atoms with Crippen molar-refractivity contribution >= 4 is 28.7 Å². The molecule has 1 rings (SSSR count). The standard InChI is InChI=1S/C7H8FNO.C3H8O.C2H2ClNO/c1-10-7-3-2-5(9)4-6(7)8;1-3-4-2;3-2(4)1-5/h2-4H,9H2,1H3;3H2,1-2H3;1,4H. The van der Waals surface area contributed by atoms with Crippen molar-refractivity contribution in [2.75, 3.05) is 26.6 Å². The largest absolute Gasteiger partial charge is 0.494 e. The highest BCUT2D eigenvalue weighted by Gasteiger charge is 1.99. The number of hydrogen-bond acceptors (Lipinski definition) is 5. The van der Waals surface area contributed by atoms with Crippen LogP contribution in [0.2, 0.25) is 0 Å². The summed E-state index contributed by atoms with van der Waals surface area (Å²) >= 11 is 4.68. The zero-order valence-electron chi connectivity index (χ0n) is 11.1. The van der Waals surface area contributed by atoms with Crippen LogP contribution in [-0.2, 0) is 9.53 Å². The normalized spacial score (nSPS) is 8.26. The quantitative estimate of drug-likeness (QED) is 0.509. The molecule has 0 aromatic heterocycles. The van der Waals surface area contributed by atoms with Crippen LogP contribution in [0.5, 0.6) is 5.75 Å². The van der Waals surface area contributed by atoms with Crippen LogP contribution >= 0.6 is 11.6 Å². The van der Waals surface area contributed by atoms with Gasteiger partial charge >= 0.3 is 0 Å². The van der Waals surface area contributed by atoms with Gasteiger partial charge in [0.1, 0.15) is 0 Å². The van der Waals surface area contributed by atoms with Crippen molar-refractivity contribution in [3.05, 3.63) is 24.0 Å². The summed E-state index contributed by atoms with van der Waals surface area (Å²) in [5, 5.41) is 5.69. The number of ether oxygens (including phenoxy) is 2. The Kier molecular flexibility index (Phi) is 13.2. The number of carbonyl (C=O) groups excluding carboxylic acids is 1. The number of nitrogens with two attached hydrogens (primary N) is 1. The van der Waals surface area contributed by atoms with Gasteiger partial charge in [0, 0.05) is 25.5 Å². The highest BCUT2D eigenvalue weighted by molar-refractivity contribution is 6.78. The smallest absolute Gasteiger partial charge is 0.179 e. The molecule has 0 heterocycles. The Morgan fingerprint density at radius 2 is 2.00 bits per heavy atom. The fourth-order valence-corrected chi connectivity index (χ4v) is 0.683. The molecule has 0 amide bonds. The number of aldehydes is 1. The molecule has 7 heteroatoms. The predicted octanol–water partition coefficient (Wildman–Crippen LogP) is 2.47. The molecule has 3 N–H and O–H groups in total. The first kappa shape index (κ1) is 19.7. The minimum atomic E-state index is -0.454. The third kappa shape index (κ3) is 12.6. The van der Waals surface area contributed by atoms with Crippen LogP contribution in [0, 0.1) is 11.2 Å². The van der Waals surface area contributed by atoms with E-state index < -0.39 is 11.0 Å². The third-order valence-corrected chi connectivity index (χ3v) is 1.66. The highest BCUT2D eigenvalue weighted by Crippen LogP contribution is 2.18. The van der Waals surface area contributed by atoms with Crippen molar-refractivity contribution in [3.63, 3.8) is 0 Å². The van der Waals surface area contributed by atoms with Crippen molar-refractivity contribution < 1.29 is 18.7 Å². The number of hydrogen-bond donors (Lipinski definition) is 2. The van der Waals surface area contributed by atoms with E-state index in [0.717, 1.165) is 6.61 Å². The number of anilines is 1. The van der Waals surface area contributed by atoms with Crippen LogP contribution in [0.15, 0.2) is 18.2 Å². The zero-order valence-corrected chi connectivity index (χ0v) is 11.8. The summed E-state index contributed by atoms with van der Waals surface area (Å²) in [6.07, 6.45) is 0.265. The van der Waals surface area contributed by atoms with Crippen molar-refractivity contribution in [1.29, 1.82) is 5.41 Å². The summed E-state index contributed by atoms with van der Waals surface area (Å²) in [4.78, 5) is 9.15. The second kappa shape index (κ2) is 12.8. The van der Waals surface area contributed by atoms with Gasteiger partial charge in [-0.05, 0) is 19.1 Å². The number of methoxy groups -OCH3 is 2. The van der Waals surface area contributed by atoms with E-state index in [4.69, 9.17) is 15.9 Å². The summed E-state index contributed by atoms with van der Waals surface area (Å²) in [6, 6.07) is 4.30. The molecule has 5 nitrogen and oxygen atoms in total. The third-order valence-electron chi connectivity index (χ3n) is 1.57. The average Bonchev–Trinajstić information content (AvgIpc) is 2.40. The number of carbonyl (C=O) groups is 1. The molecular formula is C12H18ClFN2O3. The molecule has 0 saturated heterocycles. The summed E-state index contributed by atoms with van der Waals surface area (Å²) in [7, 11) is 3.09. The van der Waals surface area contributed by atoms with Gasteiger partial charge in [-0.2, -0.15) is 0 Å². The first-order chi connectivity index (χ1) is 8.92. The topological polar surface area (TPSA) is 85.4 Å².